The molecule has 2 aromatic carbocycles. The number of nitrogens with one attached hydrogen (secondary N) is 2. The number of benzene rings is 2. The second kappa shape index (κ2) is 10.3. The molecule has 0 atom stereocenters. The number of hydrogen-bond acceptors (Lipinski definition) is 3. The molecular formula is C26H33N5O. The lowest BCUT2D eigenvalue weighted by Crippen LogP contribution is -2.36. The normalized spacial score (nSPS) is 11.5. The molecule has 0 aliphatic carbocycles. The first kappa shape index (κ1) is 23.3. The largest absolute Gasteiger partial charge is 0.326 e. The zero-order valence-corrected chi connectivity index (χ0v) is 19.9. The molecule has 6 heteroatoms. The van der Waals surface area contributed by atoms with Crippen LogP contribution in [0.5, 0.6) is 0 Å². The molecule has 0 fully saturated rings. The maximum absolute atomic E-state index is 13.0. The summed E-state index contributed by atoms with van der Waals surface area (Å²) in [5.74, 6) is 0.268. The van der Waals surface area contributed by atoms with Gasteiger partial charge in [-0.15, -0.1) is 0 Å². The SMILES string of the molecule is CCn1nc(C)c(CCN=C(NC(=O)c2cc(C)cc(C)c2)Nc2ccccc2C)c1C. The third-order valence-corrected chi connectivity index (χ3v) is 5.58. The predicted molar refractivity (Wildman–Crippen MR) is 132 cm³/mol. The van der Waals surface area contributed by atoms with Crippen molar-refractivity contribution in [1.29, 1.82) is 0 Å². The monoisotopic (exact) mass is 431 g/mol. The first-order valence-electron chi connectivity index (χ1n) is 11.1. The van der Waals surface area contributed by atoms with Crippen molar-refractivity contribution in [2.75, 3.05) is 11.9 Å². The Morgan fingerprint density at radius 1 is 1.03 bits per heavy atom. The lowest BCUT2D eigenvalue weighted by molar-refractivity contribution is 0.0976. The van der Waals surface area contributed by atoms with Crippen LogP contribution < -0.4 is 10.6 Å². The maximum atomic E-state index is 13.0. The fourth-order valence-corrected chi connectivity index (χ4v) is 3.92. The van der Waals surface area contributed by atoms with Gasteiger partial charge in [0.2, 0.25) is 5.96 Å². The number of aliphatic imine (C=N–C) groups is 1. The lowest BCUT2D eigenvalue weighted by Gasteiger charge is -2.14. The van der Waals surface area contributed by atoms with Gasteiger partial charge in [0.1, 0.15) is 0 Å². The topological polar surface area (TPSA) is 71.3 Å². The molecular weight excluding hydrogens is 398 g/mol. The Bertz CT molecular complexity index is 1120. The van der Waals surface area contributed by atoms with E-state index >= 15 is 0 Å². The van der Waals surface area contributed by atoms with E-state index in [1.807, 2.05) is 68.8 Å². The van der Waals surface area contributed by atoms with E-state index in [1.165, 1.54) is 11.3 Å². The summed E-state index contributed by atoms with van der Waals surface area (Å²) < 4.78 is 2.02. The number of aromatic nitrogens is 2. The molecule has 32 heavy (non-hydrogen) atoms. The molecule has 2 N–H and O–H groups in total. The number of aryl methyl sites for hydroxylation is 5. The van der Waals surface area contributed by atoms with Crippen LogP contribution in [0.1, 0.15) is 50.9 Å². The van der Waals surface area contributed by atoms with Crippen molar-refractivity contribution in [2.45, 2.75) is 54.5 Å². The molecule has 3 aromatic rings. The van der Waals surface area contributed by atoms with Crippen LogP contribution in [-0.4, -0.2) is 28.2 Å². The third kappa shape index (κ3) is 5.63. The zero-order chi connectivity index (χ0) is 23.3. The third-order valence-electron chi connectivity index (χ3n) is 5.58. The number of anilines is 1. The second-order valence-corrected chi connectivity index (χ2v) is 8.22. The summed E-state index contributed by atoms with van der Waals surface area (Å²) in [6.45, 7) is 13.6. The minimum atomic E-state index is -0.178. The van der Waals surface area contributed by atoms with E-state index in [4.69, 9.17) is 4.99 Å². The van der Waals surface area contributed by atoms with Crippen LogP contribution in [0.2, 0.25) is 0 Å². The molecule has 0 radical (unpaired) electrons. The standard InChI is InChI=1S/C26H33N5O/c1-7-31-21(6)23(20(5)30-31)12-13-27-26(28-24-11-9-8-10-19(24)4)29-25(32)22-15-17(2)14-18(3)16-22/h8-11,14-16H,7,12-13H2,1-6H3,(H2,27,28,29,32). The smallest absolute Gasteiger partial charge is 0.257 e. The van der Waals surface area contributed by atoms with Gasteiger partial charge in [-0.3, -0.25) is 19.8 Å². The molecule has 0 aliphatic heterocycles. The van der Waals surface area contributed by atoms with Crippen molar-refractivity contribution in [3.05, 3.63) is 81.7 Å². The minimum absolute atomic E-state index is 0.178. The molecule has 0 spiro atoms. The summed E-state index contributed by atoms with van der Waals surface area (Å²) in [5.41, 5.74) is 8.15. The highest BCUT2D eigenvalue weighted by Crippen LogP contribution is 2.15. The fraction of sp³-hybridized carbons (Fsp3) is 0.346. The summed E-state index contributed by atoms with van der Waals surface area (Å²) in [5, 5.41) is 10.9. The summed E-state index contributed by atoms with van der Waals surface area (Å²) in [7, 11) is 0. The first-order chi connectivity index (χ1) is 15.3. The highest BCUT2D eigenvalue weighted by atomic mass is 16.1. The molecule has 168 valence electrons. The van der Waals surface area contributed by atoms with Gasteiger partial charge < -0.3 is 5.32 Å². The molecule has 0 saturated carbocycles. The number of rotatable bonds is 6. The number of guanidine groups is 1. The van der Waals surface area contributed by atoms with Crippen LogP contribution in [-0.2, 0) is 13.0 Å². The molecule has 3 rings (SSSR count). The average molecular weight is 432 g/mol. The molecule has 1 heterocycles. The van der Waals surface area contributed by atoms with Gasteiger partial charge in [-0.2, -0.15) is 5.10 Å². The number of nitrogens with zero attached hydrogens (tertiary/aromatic N) is 3. The van der Waals surface area contributed by atoms with Crippen LogP contribution in [0.25, 0.3) is 0 Å². The molecule has 1 amide bonds. The Balaban J connectivity index is 1.82. The average Bonchev–Trinajstić information content (AvgIpc) is 3.02. The van der Waals surface area contributed by atoms with E-state index in [0.717, 1.165) is 41.0 Å². The van der Waals surface area contributed by atoms with Crippen molar-refractivity contribution in [2.24, 2.45) is 4.99 Å². The number of carbonyl (C=O) groups is 1. The predicted octanol–water partition coefficient (Wildman–Crippen LogP) is 4.89. The highest BCUT2D eigenvalue weighted by molar-refractivity contribution is 6.10. The van der Waals surface area contributed by atoms with Crippen LogP contribution in [0, 0.1) is 34.6 Å². The van der Waals surface area contributed by atoms with Gasteiger partial charge in [0.05, 0.1) is 5.69 Å². The van der Waals surface area contributed by atoms with Crippen LogP contribution in [0.3, 0.4) is 0 Å². The molecule has 0 unspecified atom stereocenters. The number of para-hydroxylation sites is 1. The summed E-state index contributed by atoms with van der Waals surface area (Å²) >= 11 is 0. The van der Waals surface area contributed by atoms with E-state index in [1.54, 1.807) is 0 Å². The number of hydrogen-bond donors (Lipinski definition) is 2. The number of amides is 1. The molecule has 6 nitrogen and oxygen atoms in total. The molecule has 0 bridgehead atoms. The van der Waals surface area contributed by atoms with Gasteiger partial charge in [0, 0.05) is 30.0 Å². The Hall–Kier alpha value is -3.41. The Morgan fingerprint density at radius 2 is 1.72 bits per heavy atom. The zero-order valence-electron chi connectivity index (χ0n) is 19.9. The number of carbonyl (C=O) groups excluding carboxylic acids is 1. The van der Waals surface area contributed by atoms with Crippen molar-refractivity contribution >= 4 is 17.6 Å². The molecule has 0 saturated heterocycles. The fourth-order valence-electron chi connectivity index (χ4n) is 3.92. The highest BCUT2D eigenvalue weighted by Gasteiger charge is 2.13. The van der Waals surface area contributed by atoms with Crippen LogP contribution >= 0.6 is 0 Å². The summed E-state index contributed by atoms with van der Waals surface area (Å²) in [6.07, 6.45) is 0.760. The lowest BCUT2D eigenvalue weighted by atomic mass is 10.1. The second-order valence-electron chi connectivity index (χ2n) is 8.22. The van der Waals surface area contributed by atoms with Crippen LogP contribution in [0.15, 0.2) is 47.5 Å². The van der Waals surface area contributed by atoms with Crippen molar-refractivity contribution in [3.8, 4) is 0 Å². The van der Waals surface area contributed by atoms with Gasteiger partial charge in [0.15, 0.2) is 0 Å². The van der Waals surface area contributed by atoms with Crippen molar-refractivity contribution in [1.82, 2.24) is 15.1 Å². The summed E-state index contributed by atoms with van der Waals surface area (Å²) in [4.78, 5) is 17.7. The van der Waals surface area contributed by atoms with Crippen LogP contribution in [0.4, 0.5) is 5.69 Å². The van der Waals surface area contributed by atoms with E-state index < -0.39 is 0 Å². The molecule has 0 aliphatic rings. The minimum Gasteiger partial charge on any atom is -0.326 e. The van der Waals surface area contributed by atoms with E-state index in [-0.39, 0.29) is 5.91 Å². The molecule has 1 aromatic heterocycles. The Morgan fingerprint density at radius 3 is 2.34 bits per heavy atom. The van der Waals surface area contributed by atoms with E-state index in [2.05, 4.69) is 35.6 Å². The van der Waals surface area contributed by atoms with E-state index in [9.17, 15) is 4.79 Å². The van der Waals surface area contributed by atoms with Gasteiger partial charge in [-0.05, 0) is 77.3 Å². The quantitative estimate of drug-likeness (QED) is 0.431. The maximum Gasteiger partial charge on any atom is 0.257 e. The van der Waals surface area contributed by atoms with Crippen molar-refractivity contribution < 1.29 is 4.79 Å². The van der Waals surface area contributed by atoms with Gasteiger partial charge in [-0.25, -0.2) is 0 Å². The first-order valence-corrected chi connectivity index (χ1v) is 11.1. The Labute approximate surface area is 190 Å². The Kier molecular flexibility index (Phi) is 7.46. The van der Waals surface area contributed by atoms with Gasteiger partial charge in [-0.1, -0.05) is 35.4 Å². The van der Waals surface area contributed by atoms with Crippen molar-refractivity contribution in [3.63, 3.8) is 0 Å². The van der Waals surface area contributed by atoms with Gasteiger partial charge in [0.25, 0.3) is 5.91 Å². The van der Waals surface area contributed by atoms with Gasteiger partial charge >= 0.3 is 0 Å². The van der Waals surface area contributed by atoms with E-state index in [0.29, 0.717) is 18.1 Å². The summed E-state index contributed by atoms with van der Waals surface area (Å²) in [6, 6.07) is 13.8.